The lowest BCUT2D eigenvalue weighted by atomic mass is 9.85. The summed E-state index contributed by atoms with van der Waals surface area (Å²) >= 11 is 0. The maximum atomic E-state index is 6.43. The molecule has 39 heavy (non-hydrogen) atoms. The highest BCUT2D eigenvalue weighted by molar-refractivity contribution is 5.78. The van der Waals surface area contributed by atoms with E-state index in [2.05, 4.69) is 20.2 Å². The minimum absolute atomic E-state index is 0.106. The van der Waals surface area contributed by atoms with E-state index in [1.54, 1.807) is 23.3 Å². The number of hydrogen-bond acceptors (Lipinski definition) is 8. The number of hydrogen-bond donors (Lipinski definition) is 0. The molecule has 10 heteroatoms. The molecule has 0 saturated carbocycles. The van der Waals surface area contributed by atoms with Crippen LogP contribution >= 0.6 is 0 Å². The summed E-state index contributed by atoms with van der Waals surface area (Å²) in [7, 11) is 0. The van der Waals surface area contributed by atoms with Gasteiger partial charge in [-0.1, -0.05) is 59.8 Å². The second-order valence-corrected chi connectivity index (χ2v) is 9.05. The van der Waals surface area contributed by atoms with Gasteiger partial charge in [0.2, 0.25) is 11.8 Å². The second kappa shape index (κ2) is 9.49. The molecule has 190 valence electrons. The van der Waals surface area contributed by atoms with E-state index in [0.29, 0.717) is 23.2 Å². The topological polar surface area (TPSA) is 105 Å². The Balaban J connectivity index is 1.31. The van der Waals surface area contributed by atoms with E-state index in [1.807, 2.05) is 90.6 Å². The van der Waals surface area contributed by atoms with Crippen molar-refractivity contribution in [1.29, 1.82) is 0 Å². The lowest BCUT2D eigenvalue weighted by molar-refractivity contribution is 0.126. The van der Waals surface area contributed by atoms with Crippen molar-refractivity contribution in [3.8, 4) is 17.4 Å². The molecule has 0 spiro atoms. The van der Waals surface area contributed by atoms with Gasteiger partial charge in [0.25, 0.3) is 0 Å². The number of ether oxygens (including phenoxy) is 1. The number of aryl methyl sites for hydroxylation is 1. The van der Waals surface area contributed by atoms with E-state index in [-0.39, 0.29) is 12.5 Å². The minimum Gasteiger partial charge on any atom is -0.420 e. The van der Waals surface area contributed by atoms with Crippen molar-refractivity contribution in [3.05, 3.63) is 125 Å². The number of fused-ring (bicyclic) bond motifs is 4. The van der Waals surface area contributed by atoms with Crippen LogP contribution in [0, 0.1) is 6.92 Å². The van der Waals surface area contributed by atoms with E-state index in [9.17, 15) is 0 Å². The van der Waals surface area contributed by atoms with Gasteiger partial charge in [-0.05, 0) is 36.2 Å². The van der Waals surface area contributed by atoms with Crippen LogP contribution in [0.5, 0.6) is 11.8 Å². The Bertz CT molecular complexity index is 1800. The summed E-state index contributed by atoms with van der Waals surface area (Å²) < 4.78 is 9.90. The molecule has 0 amide bonds. The number of rotatable bonds is 6. The predicted molar refractivity (Wildman–Crippen MR) is 143 cm³/mol. The fourth-order valence-corrected chi connectivity index (χ4v) is 4.84. The number of benzene rings is 2. The van der Waals surface area contributed by atoms with Crippen molar-refractivity contribution >= 4 is 11.9 Å². The average molecular weight is 515 g/mol. The Morgan fingerprint density at radius 1 is 0.974 bits per heavy atom. The normalized spacial score (nSPS) is 14.2. The third kappa shape index (κ3) is 4.08. The number of nitrogens with zero attached hydrogens (tertiary/aromatic N) is 8. The zero-order chi connectivity index (χ0) is 26.2. The molecule has 0 N–H and O–H groups in total. The van der Waals surface area contributed by atoms with Crippen LogP contribution in [0.15, 0.2) is 96.7 Å². The largest absolute Gasteiger partial charge is 0.420 e. The first-order valence-electron chi connectivity index (χ1n) is 12.4. The van der Waals surface area contributed by atoms with Gasteiger partial charge in [0.15, 0.2) is 18.1 Å². The molecule has 2 aromatic carbocycles. The Morgan fingerprint density at radius 2 is 1.79 bits per heavy atom. The quantitative estimate of drug-likeness (QED) is 0.231. The third-order valence-corrected chi connectivity index (χ3v) is 6.55. The smallest absolute Gasteiger partial charge is 0.230 e. The highest BCUT2D eigenvalue weighted by Gasteiger charge is 2.38. The lowest BCUT2D eigenvalue weighted by Crippen LogP contribution is -2.16. The van der Waals surface area contributed by atoms with Crippen molar-refractivity contribution in [2.45, 2.75) is 19.4 Å². The Morgan fingerprint density at radius 3 is 2.59 bits per heavy atom. The highest BCUT2D eigenvalue weighted by atomic mass is 16.6. The summed E-state index contributed by atoms with van der Waals surface area (Å²) in [6.07, 6.45) is 6.86. The molecule has 0 aliphatic carbocycles. The maximum absolute atomic E-state index is 6.43. The highest BCUT2D eigenvalue weighted by Crippen LogP contribution is 2.49. The van der Waals surface area contributed by atoms with Gasteiger partial charge in [-0.3, -0.25) is 4.98 Å². The van der Waals surface area contributed by atoms with E-state index in [1.165, 1.54) is 0 Å². The van der Waals surface area contributed by atoms with Crippen molar-refractivity contribution < 1.29 is 9.57 Å². The summed E-state index contributed by atoms with van der Waals surface area (Å²) in [6, 6.07) is 23.6. The molecule has 7 rings (SSSR count). The SMILES string of the molecule is Cc1nn(-c2ccccc2)c2c1C(c1cccnc1)c1c(ncn3nc(CON=Cc4ccccc4)nc13)O2. The molecule has 1 aliphatic heterocycles. The molecule has 0 saturated heterocycles. The Labute approximate surface area is 223 Å². The van der Waals surface area contributed by atoms with Gasteiger partial charge in [-0.15, -0.1) is 5.10 Å². The zero-order valence-corrected chi connectivity index (χ0v) is 20.9. The van der Waals surface area contributed by atoms with E-state index >= 15 is 0 Å². The summed E-state index contributed by atoms with van der Waals surface area (Å²) in [5.41, 5.74) is 6.00. The van der Waals surface area contributed by atoms with E-state index < -0.39 is 0 Å². The van der Waals surface area contributed by atoms with Gasteiger partial charge < -0.3 is 9.57 Å². The van der Waals surface area contributed by atoms with Crippen molar-refractivity contribution in [3.63, 3.8) is 0 Å². The van der Waals surface area contributed by atoms with Crippen molar-refractivity contribution in [2.75, 3.05) is 0 Å². The van der Waals surface area contributed by atoms with E-state index in [4.69, 9.17) is 19.7 Å². The number of pyridine rings is 1. The van der Waals surface area contributed by atoms with Crippen LogP contribution in [0.2, 0.25) is 0 Å². The van der Waals surface area contributed by atoms with Gasteiger partial charge in [-0.25, -0.2) is 19.2 Å². The molecule has 4 aromatic heterocycles. The van der Waals surface area contributed by atoms with Gasteiger partial charge in [0.05, 0.1) is 34.6 Å². The molecule has 1 unspecified atom stereocenters. The molecule has 1 aliphatic rings. The van der Waals surface area contributed by atoms with Crippen LogP contribution in [0.4, 0.5) is 0 Å². The average Bonchev–Trinajstić information content (AvgIpc) is 3.56. The van der Waals surface area contributed by atoms with Crippen LogP contribution < -0.4 is 4.74 Å². The third-order valence-electron chi connectivity index (χ3n) is 6.55. The van der Waals surface area contributed by atoms with Crippen LogP contribution in [-0.2, 0) is 11.4 Å². The maximum Gasteiger partial charge on any atom is 0.230 e. The first-order chi connectivity index (χ1) is 19.3. The minimum atomic E-state index is -0.264. The lowest BCUT2D eigenvalue weighted by Gasteiger charge is -2.26. The van der Waals surface area contributed by atoms with Gasteiger partial charge in [-0.2, -0.15) is 5.10 Å². The summed E-state index contributed by atoms with van der Waals surface area (Å²) in [5, 5.41) is 13.5. The molecule has 10 nitrogen and oxygen atoms in total. The standard InChI is InChI=1S/C29H22N8O2/c1-19-24-25(21-11-8-14-30-16-21)26-27-33-23(17-38-32-15-20-9-4-2-5-10-20)35-36(27)18-31-28(26)39-29(24)37(34-19)22-12-6-3-7-13-22/h2-16,18,25H,17H2,1H3. The van der Waals surface area contributed by atoms with Gasteiger partial charge in [0, 0.05) is 12.4 Å². The van der Waals surface area contributed by atoms with Crippen molar-refractivity contribution in [1.82, 2.24) is 34.3 Å². The molecule has 1 atom stereocenters. The molecule has 0 fully saturated rings. The fourth-order valence-electron chi connectivity index (χ4n) is 4.84. The van der Waals surface area contributed by atoms with Crippen LogP contribution in [0.1, 0.15) is 39.7 Å². The predicted octanol–water partition coefficient (Wildman–Crippen LogP) is 4.85. The molecule has 0 radical (unpaired) electrons. The van der Waals surface area contributed by atoms with Gasteiger partial charge >= 0.3 is 0 Å². The number of para-hydroxylation sites is 1. The Hall–Kier alpha value is -5.38. The molecular weight excluding hydrogens is 492 g/mol. The Kier molecular flexibility index (Phi) is 5.55. The molecular formula is C29H22N8O2. The number of aromatic nitrogens is 7. The second-order valence-electron chi connectivity index (χ2n) is 9.05. The molecule has 6 aromatic rings. The number of oxime groups is 1. The molecule has 0 bridgehead atoms. The first kappa shape index (κ1) is 22.8. The van der Waals surface area contributed by atoms with Crippen molar-refractivity contribution in [2.24, 2.45) is 5.16 Å². The summed E-state index contributed by atoms with van der Waals surface area (Å²) in [6.45, 7) is 2.09. The monoisotopic (exact) mass is 514 g/mol. The molecule has 5 heterocycles. The van der Waals surface area contributed by atoms with Gasteiger partial charge in [0.1, 0.15) is 6.33 Å². The first-order valence-corrected chi connectivity index (χ1v) is 12.4. The van der Waals surface area contributed by atoms with Crippen LogP contribution in [0.25, 0.3) is 11.3 Å². The van der Waals surface area contributed by atoms with Crippen LogP contribution in [-0.4, -0.2) is 40.6 Å². The summed E-state index contributed by atoms with van der Waals surface area (Å²) in [5.74, 6) is 1.28. The zero-order valence-electron chi connectivity index (χ0n) is 20.9. The van der Waals surface area contributed by atoms with E-state index in [0.717, 1.165) is 33.6 Å². The fraction of sp³-hybridized carbons (Fsp3) is 0.103. The van der Waals surface area contributed by atoms with Crippen LogP contribution in [0.3, 0.4) is 0 Å². The summed E-state index contributed by atoms with van der Waals surface area (Å²) in [4.78, 5) is 19.3.